The molecule has 0 radical (unpaired) electrons. The molecule has 0 aromatic carbocycles. The molecule has 2 aliphatic carbocycles. The van der Waals surface area contributed by atoms with E-state index in [1.807, 2.05) is 26.8 Å². The van der Waals surface area contributed by atoms with Gasteiger partial charge in [-0.25, -0.2) is 0 Å². The van der Waals surface area contributed by atoms with E-state index in [1.165, 1.54) is 0 Å². The van der Waals surface area contributed by atoms with Crippen LogP contribution >= 0.6 is 0 Å². The zero-order valence-corrected chi connectivity index (χ0v) is 33.7. The van der Waals surface area contributed by atoms with Gasteiger partial charge in [0, 0.05) is 40.4 Å². The number of carbonyl (C=O) groups excluding carboxylic acids is 1. The molecule has 0 spiro atoms. The third kappa shape index (κ3) is 7.51. The Bertz CT molecular complexity index is 1480. The predicted molar refractivity (Wildman–Crippen MR) is 194 cm³/mol. The molecular formula is C41H62O15. The lowest BCUT2D eigenvalue weighted by Crippen LogP contribution is -2.56. The molecule has 0 unspecified atom stereocenters. The van der Waals surface area contributed by atoms with E-state index < -0.39 is 91.6 Å². The number of aliphatic hydroxyl groups excluding tert-OH is 3. The zero-order valence-electron chi connectivity index (χ0n) is 33.7. The first-order valence-electron chi connectivity index (χ1n) is 20.7. The average molecular weight is 795 g/mol. The molecule has 6 aliphatic heterocycles. The Morgan fingerprint density at radius 1 is 0.821 bits per heavy atom. The van der Waals surface area contributed by atoms with Gasteiger partial charge in [-0.15, -0.1) is 0 Å². The minimum Gasteiger partial charge on any atom is -0.469 e. The van der Waals surface area contributed by atoms with Crippen molar-refractivity contribution in [2.45, 2.75) is 184 Å². The van der Waals surface area contributed by atoms with Gasteiger partial charge in [-0.05, 0) is 69.8 Å². The number of carbonyl (C=O) groups is 1. The maximum atomic E-state index is 13.8. The number of hydrogen-bond acceptors (Lipinski definition) is 15. The Morgan fingerprint density at radius 2 is 1.48 bits per heavy atom. The third-order valence-corrected chi connectivity index (χ3v) is 14.2. The van der Waals surface area contributed by atoms with E-state index in [0.717, 1.165) is 36.8 Å². The largest absolute Gasteiger partial charge is 0.469 e. The van der Waals surface area contributed by atoms with E-state index in [-0.39, 0.29) is 48.5 Å². The van der Waals surface area contributed by atoms with Crippen LogP contribution in [-0.2, 0) is 56.9 Å². The second-order valence-corrected chi connectivity index (χ2v) is 17.7. The molecule has 6 heterocycles. The molecule has 1 saturated carbocycles. The van der Waals surface area contributed by atoms with Crippen molar-refractivity contribution in [2.75, 3.05) is 20.8 Å². The van der Waals surface area contributed by atoms with Gasteiger partial charge >= 0.3 is 5.97 Å². The summed E-state index contributed by atoms with van der Waals surface area (Å²) in [4.78, 5) is 13.8. The van der Waals surface area contributed by atoms with Gasteiger partial charge < -0.3 is 67.4 Å². The summed E-state index contributed by atoms with van der Waals surface area (Å²) in [5.74, 6) is -2.08. The van der Waals surface area contributed by atoms with Gasteiger partial charge in [-0.1, -0.05) is 18.6 Å². The first kappa shape index (κ1) is 41.0. The van der Waals surface area contributed by atoms with Crippen LogP contribution in [0.2, 0.25) is 0 Å². The molecule has 15 heteroatoms. The summed E-state index contributed by atoms with van der Waals surface area (Å²) in [5.41, 5.74) is 1.91. The van der Waals surface area contributed by atoms with Gasteiger partial charge in [0.15, 0.2) is 18.9 Å². The van der Waals surface area contributed by atoms with Crippen LogP contribution in [0.3, 0.4) is 0 Å². The Labute approximate surface area is 329 Å². The lowest BCUT2D eigenvalue weighted by molar-refractivity contribution is -0.337. The fraction of sp³-hybridized carbons (Fsp3) is 0.878. The van der Waals surface area contributed by atoms with Crippen molar-refractivity contribution < 1.29 is 72.2 Å². The Balaban J connectivity index is 0.865. The summed E-state index contributed by atoms with van der Waals surface area (Å²) >= 11 is 0. The highest BCUT2D eigenvalue weighted by Gasteiger charge is 2.59. The molecule has 20 atom stereocenters. The van der Waals surface area contributed by atoms with Crippen LogP contribution in [0.1, 0.15) is 86.0 Å². The van der Waals surface area contributed by atoms with Crippen LogP contribution in [0.25, 0.3) is 0 Å². The van der Waals surface area contributed by atoms with Gasteiger partial charge in [-0.3, -0.25) is 4.79 Å². The molecule has 3 N–H and O–H groups in total. The summed E-state index contributed by atoms with van der Waals surface area (Å²) in [6.07, 6.45) is -0.204. The van der Waals surface area contributed by atoms with E-state index in [0.29, 0.717) is 19.3 Å². The van der Waals surface area contributed by atoms with E-state index >= 15 is 0 Å². The summed E-state index contributed by atoms with van der Waals surface area (Å²) in [5, 5.41) is 33.0. The number of hydrogen-bond donors (Lipinski definition) is 3. The highest BCUT2D eigenvalue weighted by atomic mass is 16.7. The summed E-state index contributed by atoms with van der Waals surface area (Å²) in [6.45, 7) is 9.92. The van der Waals surface area contributed by atoms with Crippen molar-refractivity contribution in [2.24, 2.45) is 23.2 Å². The summed E-state index contributed by atoms with van der Waals surface area (Å²) < 4.78 is 67.0. The maximum absolute atomic E-state index is 13.8. The van der Waals surface area contributed by atoms with Crippen molar-refractivity contribution in [3.8, 4) is 0 Å². The number of methoxy groups -OCH3 is 2. The molecule has 15 nitrogen and oxygen atoms in total. The van der Waals surface area contributed by atoms with Crippen LogP contribution in [0, 0.1) is 23.2 Å². The van der Waals surface area contributed by atoms with E-state index in [9.17, 15) is 20.1 Å². The molecule has 8 aliphatic rings. The van der Waals surface area contributed by atoms with Crippen molar-refractivity contribution in [1.82, 2.24) is 0 Å². The Hall–Kier alpha value is -1.73. The predicted octanol–water partition coefficient (Wildman–Crippen LogP) is 3.00. The number of rotatable bonds is 8. The lowest BCUT2D eigenvalue weighted by Gasteiger charge is -2.51. The van der Waals surface area contributed by atoms with Gasteiger partial charge in [0.25, 0.3) is 0 Å². The molecule has 0 bridgehead atoms. The van der Waals surface area contributed by atoms with Gasteiger partial charge in [0.2, 0.25) is 5.79 Å². The Morgan fingerprint density at radius 3 is 2.21 bits per heavy atom. The summed E-state index contributed by atoms with van der Waals surface area (Å²) in [6, 6.07) is 0. The van der Waals surface area contributed by atoms with Crippen LogP contribution in [-0.4, -0.2) is 140 Å². The number of aliphatic hydroxyl groups is 3. The minimum atomic E-state index is -0.959. The van der Waals surface area contributed by atoms with Crippen molar-refractivity contribution in [3.05, 3.63) is 23.5 Å². The molecule has 56 heavy (non-hydrogen) atoms. The monoisotopic (exact) mass is 794 g/mol. The van der Waals surface area contributed by atoms with E-state index in [1.54, 1.807) is 27.4 Å². The summed E-state index contributed by atoms with van der Waals surface area (Å²) in [7, 11) is 3.18. The highest BCUT2D eigenvalue weighted by molar-refractivity contribution is 5.75. The van der Waals surface area contributed by atoms with Crippen LogP contribution in [0.15, 0.2) is 23.5 Å². The van der Waals surface area contributed by atoms with Crippen LogP contribution < -0.4 is 0 Å². The Kier molecular flexibility index (Phi) is 11.7. The van der Waals surface area contributed by atoms with Crippen molar-refractivity contribution >= 4 is 5.97 Å². The van der Waals surface area contributed by atoms with E-state index in [2.05, 4.69) is 6.92 Å². The van der Waals surface area contributed by atoms with Gasteiger partial charge in [-0.2, -0.15) is 0 Å². The first-order chi connectivity index (χ1) is 26.7. The molecule has 6 fully saturated rings. The molecule has 0 amide bonds. The molecule has 316 valence electrons. The smallest absolute Gasteiger partial charge is 0.312 e. The molecule has 8 rings (SSSR count). The minimum absolute atomic E-state index is 0.105. The van der Waals surface area contributed by atoms with Gasteiger partial charge in [0.1, 0.15) is 24.4 Å². The third-order valence-electron chi connectivity index (χ3n) is 14.2. The quantitative estimate of drug-likeness (QED) is 0.241. The molecule has 5 saturated heterocycles. The number of fused-ring (bicyclic) bond motifs is 3. The number of ether oxygens (including phenoxy) is 11. The lowest BCUT2D eigenvalue weighted by atomic mass is 9.55. The van der Waals surface area contributed by atoms with Crippen LogP contribution in [0.4, 0.5) is 0 Å². The maximum Gasteiger partial charge on any atom is 0.312 e. The fourth-order valence-corrected chi connectivity index (χ4v) is 11.0. The SMILES string of the molecule is CO[C@@H]1C[C@@H](O[C@H]2[C@@H](O)C[C@H](O[C@@H]3[C@@H](C)O[C@@H](O[C@H]4CC[C@@]5(C)C(=C[C@H](O)[C@H]6C(=O)O[C@@H]7CO[C@]8(C)OC=C(CC[C@@H]65)[C@H]78)C4)C[C@H]3OC)O[C@@H]2C)O[C@H](C)[C@H]1O. The van der Waals surface area contributed by atoms with Crippen LogP contribution in [0.5, 0.6) is 0 Å². The van der Waals surface area contributed by atoms with Crippen molar-refractivity contribution in [1.29, 1.82) is 0 Å². The average Bonchev–Trinajstić information content (AvgIpc) is 3.67. The van der Waals surface area contributed by atoms with E-state index in [4.69, 9.17) is 52.1 Å². The molecule has 0 aromatic rings. The fourth-order valence-electron chi connectivity index (χ4n) is 11.0. The molecule has 0 aromatic heterocycles. The zero-order chi connectivity index (χ0) is 39.7. The highest BCUT2D eigenvalue weighted by Crippen LogP contribution is 2.57. The van der Waals surface area contributed by atoms with Gasteiger partial charge in [0.05, 0.1) is 73.5 Å². The topological polar surface area (TPSA) is 179 Å². The second-order valence-electron chi connectivity index (χ2n) is 17.7. The normalized spacial score (nSPS) is 51.9. The molecular weight excluding hydrogens is 732 g/mol. The first-order valence-corrected chi connectivity index (χ1v) is 20.7. The number of esters is 1. The second kappa shape index (κ2) is 16.0. The van der Waals surface area contributed by atoms with Crippen molar-refractivity contribution in [3.63, 3.8) is 0 Å². The standard InChI is InChI=1S/C41H62O15/c1-19-36(44)28(46-6)15-33(50-19)55-37-20(2)51-31(14-27(37)43)56-38-21(3)52-32(16-29(38)47-7)53-24-10-11-40(4)23(12-24)13-26(42)34-25(40)9-8-22-17-48-41(5)35(22)30(18-49-41)54-39(34)45/h13,17,19-21,24-38,42-44H,8-12,14-16,18H2,1-7H3/t19-,20-,21-,24+,25+,26+,27+,28-,29-,30-,31+,32+,33-,34+,35-,36-,37-,38-,40+,41+/m1/s1.